The summed E-state index contributed by atoms with van der Waals surface area (Å²) in [7, 11) is -3.27. The van der Waals surface area contributed by atoms with Crippen molar-refractivity contribution in [2.24, 2.45) is 5.92 Å². The molecule has 1 aromatic rings. The third-order valence-electron chi connectivity index (χ3n) is 4.79. The van der Waals surface area contributed by atoms with Crippen LogP contribution in [0, 0.1) is 5.92 Å². The first-order valence-corrected chi connectivity index (χ1v) is 10.1. The Morgan fingerprint density at radius 1 is 1.29 bits per heavy atom. The number of rotatable bonds is 5. The third-order valence-corrected chi connectivity index (χ3v) is 6.84. The van der Waals surface area contributed by atoms with E-state index < -0.39 is 10.0 Å². The highest BCUT2D eigenvalue weighted by molar-refractivity contribution is 7.89. The van der Waals surface area contributed by atoms with Crippen LogP contribution in [0.15, 0.2) is 24.3 Å². The van der Waals surface area contributed by atoms with Gasteiger partial charge in [0.05, 0.1) is 18.4 Å². The van der Waals surface area contributed by atoms with Crippen molar-refractivity contribution >= 4 is 22.4 Å². The van der Waals surface area contributed by atoms with Crippen molar-refractivity contribution in [3.63, 3.8) is 0 Å². The summed E-state index contributed by atoms with van der Waals surface area (Å²) in [5, 5.41) is 3.33. The molecule has 136 valence electrons. The van der Waals surface area contributed by atoms with Crippen LogP contribution >= 0.6 is 12.4 Å². The number of hydrogen-bond acceptors (Lipinski definition) is 4. The Morgan fingerprint density at radius 3 is 2.67 bits per heavy atom. The molecule has 1 aromatic carbocycles. The molecule has 2 unspecified atom stereocenters. The van der Waals surface area contributed by atoms with Crippen molar-refractivity contribution in [2.45, 2.75) is 25.8 Å². The number of piperazine rings is 1. The van der Waals surface area contributed by atoms with Crippen LogP contribution in [0.4, 0.5) is 0 Å². The Hall–Kier alpha value is -0.660. The molecule has 2 aliphatic heterocycles. The predicted molar refractivity (Wildman–Crippen MR) is 98.1 cm³/mol. The molecule has 7 heteroatoms. The van der Waals surface area contributed by atoms with Gasteiger partial charge in [0, 0.05) is 26.2 Å². The Balaban J connectivity index is 0.00000208. The molecule has 1 N–H and O–H groups in total. The molecule has 2 saturated heterocycles. The largest absolute Gasteiger partial charge is 0.381 e. The van der Waals surface area contributed by atoms with Gasteiger partial charge in [0.2, 0.25) is 10.0 Å². The maximum atomic E-state index is 12.9. The van der Waals surface area contributed by atoms with Gasteiger partial charge in [-0.1, -0.05) is 31.2 Å². The zero-order valence-corrected chi connectivity index (χ0v) is 15.7. The van der Waals surface area contributed by atoms with Crippen LogP contribution in [0.25, 0.3) is 0 Å². The highest BCUT2D eigenvalue weighted by atomic mass is 35.5. The smallest absolute Gasteiger partial charge is 0.215 e. The standard InChI is InChI=1S/C17H26N2O3S.ClH/c1-2-14-3-5-16(6-4-14)17-11-18-8-9-19(17)23(20,21)13-15-7-10-22-12-15;/h3-6,15,17-18H,2,7-13H2,1H3;1H. The average Bonchev–Trinajstić information content (AvgIpc) is 3.07. The minimum Gasteiger partial charge on any atom is -0.381 e. The maximum Gasteiger partial charge on any atom is 0.215 e. The second kappa shape index (κ2) is 8.63. The highest BCUT2D eigenvalue weighted by Crippen LogP contribution is 2.28. The van der Waals surface area contributed by atoms with E-state index in [1.807, 2.05) is 0 Å². The average molecular weight is 375 g/mol. The lowest BCUT2D eigenvalue weighted by Gasteiger charge is -2.36. The molecule has 0 bridgehead atoms. The second-order valence-corrected chi connectivity index (χ2v) is 8.40. The van der Waals surface area contributed by atoms with Crippen molar-refractivity contribution in [2.75, 3.05) is 38.6 Å². The van der Waals surface area contributed by atoms with E-state index in [2.05, 4.69) is 36.5 Å². The lowest BCUT2D eigenvalue weighted by molar-refractivity contribution is 0.188. The van der Waals surface area contributed by atoms with Crippen LogP contribution in [0.1, 0.15) is 30.5 Å². The normalized spacial score (nSPS) is 25.4. The molecule has 0 aliphatic carbocycles. The van der Waals surface area contributed by atoms with Gasteiger partial charge in [0.25, 0.3) is 0 Å². The number of benzene rings is 1. The lowest BCUT2D eigenvalue weighted by atomic mass is 10.0. The van der Waals surface area contributed by atoms with E-state index in [9.17, 15) is 8.42 Å². The molecule has 5 nitrogen and oxygen atoms in total. The summed E-state index contributed by atoms with van der Waals surface area (Å²) in [6.07, 6.45) is 1.84. The number of aryl methyl sites for hydroxylation is 1. The summed E-state index contributed by atoms with van der Waals surface area (Å²) in [6.45, 7) is 5.30. The van der Waals surface area contributed by atoms with Gasteiger partial charge >= 0.3 is 0 Å². The van der Waals surface area contributed by atoms with Crippen molar-refractivity contribution in [3.8, 4) is 0 Å². The molecule has 0 saturated carbocycles. The van der Waals surface area contributed by atoms with Crippen molar-refractivity contribution in [1.29, 1.82) is 0 Å². The molecular weight excluding hydrogens is 348 g/mol. The molecule has 0 amide bonds. The summed E-state index contributed by atoms with van der Waals surface area (Å²) in [5.74, 6) is 0.342. The van der Waals surface area contributed by atoms with Gasteiger partial charge in [-0.15, -0.1) is 12.4 Å². The molecule has 0 aromatic heterocycles. The molecule has 2 fully saturated rings. The summed E-state index contributed by atoms with van der Waals surface area (Å²) < 4.78 is 32.8. The van der Waals surface area contributed by atoms with Crippen molar-refractivity contribution < 1.29 is 13.2 Å². The molecular formula is C17H27ClN2O3S. The molecule has 2 atom stereocenters. The van der Waals surface area contributed by atoms with Crippen LogP contribution in [0.5, 0.6) is 0 Å². The maximum absolute atomic E-state index is 12.9. The fourth-order valence-corrected chi connectivity index (χ4v) is 5.39. The minimum atomic E-state index is -3.27. The van der Waals surface area contributed by atoms with Gasteiger partial charge < -0.3 is 10.1 Å². The fourth-order valence-electron chi connectivity index (χ4n) is 3.39. The second-order valence-electron chi connectivity index (χ2n) is 6.43. The zero-order chi connectivity index (χ0) is 16.3. The summed E-state index contributed by atoms with van der Waals surface area (Å²) >= 11 is 0. The van der Waals surface area contributed by atoms with Gasteiger partial charge in [-0.2, -0.15) is 4.31 Å². The topological polar surface area (TPSA) is 58.6 Å². The first-order valence-electron chi connectivity index (χ1n) is 8.47. The first-order chi connectivity index (χ1) is 11.1. The van der Waals surface area contributed by atoms with Crippen LogP contribution in [0.2, 0.25) is 0 Å². The number of ether oxygens (including phenoxy) is 1. The van der Waals surface area contributed by atoms with Gasteiger partial charge in [-0.25, -0.2) is 8.42 Å². The Kier molecular flexibility index (Phi) is 7.07. The van der Waals surface area contributed by atoms with Crippen molar-refractivity contribution in [3.05, 3.63) is 35.4 Å². The SMILES string of the molecule is CCc1ccc(C2CNCCN2S(=O)(=O)CC2CCOC2)cc1.Cl. The number of nitrogens with zero attached hydrogens (tertiary/aromatic N) is 1. The molecule has 0 radical (unpaired) electrons. The number of sulfonamides is 1. The predicted octanol–water partition coefficient (Wildman–Crippen LogP) is 1.98. The molecule has 0 spiro atoms. The molecule has 2 aliphatic rings. The monoisotopic (exact) mass is 374 g/mol. The van der Waals surface area contributed by atoms with Gasteiger partial charge in [0.15, 0.2) is 0 Å². The van der Waals surface area contributed by atoms with Gasteiger partial charge in [-0.05, 0) is 29.9 Å². The van der Waals surface area contributed by atoms with E-state index in [1.54, 1.807) is 4.31 Å². The summed E-state index contributed by atoms with van der Waals surface area (Å²) in [5.41, 5.74) is 2.34. The quantitative estimate of drug-likeness (QED) is 0.856. The summed E-state index contributed by atoms with van der Waals surface area (Å²) in [4.78, 5) is 0. The van der Waals surface area contributed by atoms with E-state index in [1.165, 1.54) is 5.56 Å². The molecule has 2 heterocycles. The summed E-state index contributed by atoms with van der Waals surface area (Å²) in [6, 6.07) is 8.22. The minimum absolute atomic E-state index is 0. The number of nitrogens with one attached hydrogen (secondary N) is 1. The van der Waals surface area contributed by atoms with E-state index in [-0.39, 0.29) is 30.1 Å². The van der Waals surface area contributed by atoms with Crippen molar-refractivity contribution in [1.82, 2.24) is 9.62 Å². The molecule has 3 rings (SSSR count). The van der Waals surface area contributed by atoms with Gasteiger partial charge in [-0.3, -0.25) is 0 Å². The number of hydrogen-bond donors (Lipinski definition) is 1. The molecule has 24 heavy (non-hydrogen) atoms. The Morgan fingerprint density at radius 2 is 2.04 bits per heavy atom. The Bertz CT molecular complexity index is 615. The highest BCUT2D eigenvalue weighted by Gasteiger charge is 2.35. The zero-order valence-electron chi connectivity index (χ0n) is 14.1. The Labute approximate surface area is 151 Å². The van der Waals surface area contributed by atoms with Crippen LogP contribution in [-0.2, 0) is 21.2 Å². The lowest BCUT2D eigenvalue weighted by Crippen LogP contribution is -2.49. The first kappa shape index (κ1) is 19.7. The van der Waals surface area contributed by atoms with Gasteiger partial charge in [0.1, 0.15) is 0 Å². The van der Waals surface area contributed by atoms with Crippen LogP contribution in [-0.4, -0.2) is 51.3 Å². The number of halogens is 1. The third kappa shape index (κ3) is 4.49. The van der Waals surface area contributed by atoms with E-state index >= 15 is 0 Å². The van der Waals surface area contributed by atoms with E-state index in [0.29, 0.717) is 32.8 Å². The van der Waals surface area contributed by atoms with E-state index in [0.717, 1.165) is 18.4 Å². The fraction of sp³-hybridized carbons (Fsp3) is 0.647. The van der Waals surface area contributed by atoms with Crippen LogP contribution < -0.4 is 5.32 Å². The van der Waals surface area contributed by atoms with Crippen LogP contribution in [0.3, 0.4) is 0 Å². The van der Waals surface area contributed by atoms with E-state index in [4.69, 9.17) is 4.74 Å².